The highest BCUT2D eigenvalue weighted by atomic mass is 32.2. The first kappa shape index (κ1) is 13.6. The number of thioether (sulfide) groups is 1. The topological polar surface area (TPSA) is 58.5 Å². The molecule has 21 heavy (non-hydrogen) atoms. The molecule has 0 saturated carbocycles. The summed E-state index contributed by atoms with van der Waals surface area (Å²) in [6.45, 7) is 1.39. The molecule has 1 heterocycles. The van der Waals surface area contributed by atoms with Gasteiger partial charge >= 0.3 is 0 Å². The molecule has 0 spiro atoms. The van der Waals surface area contributed by atoms with Crippen LogP contribution in [0.25, 0.3) is 16.8 Å². The van der Waals surface area contributed by atoms with Crippen LogP contribution in [0.4, 0.5) is 0 Å². The number of nitrogens with zero attached hydrogens (tertiary/aromatic N) is 1. The van der Waals surface area contributed by atoms with E-state index < -0.39 is 0 Å². The number of hydrogen-bond donors (Lipinski definition) is 1. The zero-order chi connectivity index (χ0) is 14.8. The van der Waals surface area contributed by atoms with Crippen LogP contribution in [0.15, 0.2) is 52.4 Å². The largest absolute Gasteiger partial charge is 0.305 e. The van der Waals surface area contributed by atoms with Gasteiger partial charge in [0.05, 0.1) is 4.91 Å². The molecule has 0 unspecified atom stereocenters. The summed E-state index contributed by atoms with van der Waals surface area (Å²) in [7, 11) is 0. The molecule has 0 radical (unpaired) electrons. The summed E-state index contributed by atoms with van der Waals surface area (Å²) in [6, 6.07) is 13.9. The van der Waals surface area contributed by atoms with E-state index in [0.29, 0.717) is 10.1 Å². The van der Waals surface area contributed by atoms with Gasteiger partial charge in [-0.05, 0) is 34.2 Å². The van der Waals surface area contributed by atoms with Gasteiger partial charge in [-0.15, -0.1) is 0 Å². The van der Waals surface area contributed by atoms with E-state index in [1.165, 1.54) is 18.7 Å². The van der Waals surface area contributed by atoms with Gasteiger partial charge < -0.3 is 5.32 Å². The van der Waals surface area contributed by atoms with E-state index in [4.69, 9.17) is 0 Å². The summed E-state index contributed by atoms with van der Waals surface area (Å²) in [4.78, 5) is 27.2. The van der Waals surface area contributed by atoms with E-state index >= 15 is 0 Å². The van der Waals surface area contributed by atoms with Crippen molar-refractivity contribution in [1.82, 2.24) is 5.32 Å². The fraction of sp³-hybridized carbons (Fsp3) is 0.0625. The first-order valence-electron chi connectivity index (χ1n) is 6.41. The van der Waals surface area contributed by atoms with Crippen LogP contribution < -0.4 is 5.32 Å². The standard InChI is InChI=1S/C16H12N2O2S/c1-10(19)17-16-18-15(20)14(21-16)9-12-7-4-6-11-5-2-3-8-13(11)12/h2-9H,1H3,(H,17,18,19,20)/b14-9+. The lowest BCUT2D eigenvalue weighted by Crippen LogP contribution is -2.23. The van der Waals surface area contributed by atoms with Crippen LogP contribution in [0.3, 0.4) is 0 Å². The molecule has 4 nitrogen and oxygen atoms in total. The predicted molar refractivity (Wildman–Crippen MR) is 85.8 cm³/mol. The molecular formula is C16H12N2O2S. The second kappa shape index (κ2) is 5.54. The third-order valence-electron chi connectivity index (χ3n) is 3.01. The number of hydrogen-bond acceptors (Lipinski definition) is 3. The van der Waals surface area contributed by atoms with Crippen LogP contribution in [0.1, 0.15) is 12.5 Å². The fourth-order valence-electron chi connectivity index (χ4n) is 2.13. The summed E-state index contributed by atoms with van der Waals surface area (Å²) in [6.07, 6.45) is 1.81. The van der Waals surface area contributed by atoms with E-state index in [0.717, 1.165) is 16.3 Å². The van der Waals surface area contributed by atoms with E-state index in [1.807, 2.05) is 48.5 Å². The van der Waals surface area contributed by atoms with Crippen LogP contribution in [-0.2, 0) is 9.59 Å². The van der Waals surface area contributed by atoms with Crippen molar-refractivity contribution in [2.24, 2.45) is 4.99 Å². The zero-order valence-corrected chi connectivity index (χ0v) is 12.1. The van der Waals surface area contributed by atoms with Crippen molar-refractivity contribution in [2.75, 3.05) is 0 Å². The molecule has 2 aromatic carbocycles. The zero-order valence-electron chi connectivity index (χ0n) is 11.3. The first-order chi connectivity index (χ1) is 10.1. The lowest BCUT2D eigenvalue weighted by Gasteiger charge is -2.03. The number of fused-ring (bicyclic) bond motifs is 1. The maximum atomic E-state index is 11.9. The minimum Gasteiger partial charge on any atom is -0.305 e. The number of benzene rings is 2. The van der Waals surface area contributed by atoms with Crippen molar-refractivity contribution < 1.29 is 9.59 Å². The fourth-order valence-corrected chi connectivity index (χ4v) is 2.98. The van der Waals surface area contributed by atoms with Gasteiger partial charge in [0.2, 0.25) is 5.91 Å². The number of carbonyl (C=O) groups excluding carboxylic acids is 2. The van der Waals surface area contributed by atoms with Gasteiger partial charge in [0.15, 0.2) is 5.17 Å². The van der Waals surface area contributed by atoms with Gasteiger partial charge in [-0.2, -0.15) is 4.99 Å². The molecule has 3 rings (SSSR count). The average molecular weight is 296 g/mol. The average Bonchev–Trinajstić information content (AvgIpc) is 2.78. The van der Waals surface area contributed by atoms with Crippen molar-refractivity contribution in [3.05, 3.63) is 52.9 Å². The monoisotopic (exact) mass is 296 g/mol. The van der Waals surface area contributed by atoms with Gasteiger partial charge in [-0.3, -0.25) is 9.59 Å². The van der Waals surface area contributed by atoms with Crippen molar-refractivity contribution in [3.63, 3.8) is 0 Å². The smallest absolute Gasteiger partial charge is 0.286 e. The van der Waals surface area contributed by atoms with Crippen LogP contribution >= 0.6 is 11.8 Å². The van der Waals surface area contributed by atoms with E-state index in [9.17, 15) is 9.59 Å². The quantitative estimate of drug-likeness (QED) is 0.823. The number of amidine groups is 1. The molecule has 0 aliphatic carbocycles. The van der Waals surface area contributed by atoms with Gasteiger partial charge in [-0.25, -0.2) is 0 Å². The van der Waals surface area contributed by atoms with E-state index in [2.05, 4.69) is 10.3 Å². The number of rotatable bonds is 1. The van der Waals surface area contributed by atoms with E-state index in [1.54, 1.807) is 0 Å². The Bertz CT molecular complexity index is 804. The molecule has 0 aromatic heterocycles. The second-order valence-electron chi connectivity index (χ2n) is 4.58. The van der Waals surface area contributed by atoms with Crippen LogP contribution in [0.5, 0.6) is 0 Å². The normalized spacial score (nSPS) is 16.3. The predicted octanol–water partition coefficient (Wildman–Crippen LogP) is 2.95. The minimum absolute atomic E-state index is 0.236. The third-order valence-corrected chi connectivity index (χ3v) is 3.91. The highest BCUT2D eigenvalue weighted by molar-refractivity contribution is 8.18. The van der Waals surface area contributed by atoms with Crippen molar-refractivity contribution in [2.45, 2.75) is 6.92 Å². The molecule has 5 heteroatoms. The number of amides is 2. The highest BCUT2D eigenvalue weighted by Gasteiger charge is 2.22. The Labute approximate surface area is 125 Å². The summed E-state index contributed by atoms with van der Waals surface area (Å²) in [5.41, 5.74) is 0.961. The first-order valence-corrected chi connectivity index (χ1v) is 7.23. The SMILES string of the molecule is CC(=O)NC1=NC(=O)/C(=C\c2cccc3ccccc23)S1. The molecule has 1 aliphatic heterocycles. The lowest BCUT2D eigenvalue weighted by molar-refractivity contribution is -0.117. The summed E-state index contributed by atoms with van der Waals surface area (Å²) in [5.74, 6) is -0.558. The van der Waals surface area contributed by atoms with Crippen molar-refractivity contribution >= 4 is 45.6 Å². The Morgan fingerprint density at radius 1 is 1.19 bits per heavy atom. The molecule has 0 bridgehead atoms. The summed E-state index contributed by atoms with van der Waals surface area (Å²) in [5, 5.41) is 5.06. The lowest BCUT2D eigenvalue weighted by atomic mass is 10.0. The van der Waals surface area contributed by atoms with Crippen molar-refractivity contribution in [3.8, 4) is 0 Å². The third kappa shape index (κ3) is 2.87. The summed E-state index contributed by atoms with van der Waals surface area (Å²) < 4.78 is 0. The Balaban J connectivity index is 1.95. The second-order valence-corrected chi connectivity index (χ2v) is 5.61. The van der Waals surface area contributed by atoms with Gasteiger partial charge in [0.1, 0.15) is 0 Å². The molecule has 1 N–H and O–H groups in total. The minimum atomic E-state index is -0.323. The molecule has 0 fully saturated rings. The number of nitrogens with one attached hydrogen (secondary N) is 1. The maximum absolute atomic E-state index is 11.9. The van der Waals surface area contributed by atoms with Gasteiger partial charge in [-0.1, -0.05) is 42.5 Å². The molecular weight excluding hydrogens is 284 g/mol. The molecule has 2 aromatic rings. The Hall–Kier alpha value is -2.40. The van der Waals surface area contributed by atoms with Crippen LogP contribution in [0.2, 0.25) is 0 Å². The molecule has 0 saturated heterocycles. The molecule has 1 aliphatic rings. The van der Waals surface area contributed by atoms with Crippen LogP contribution in [-0.4, -0.2) is 17.0 Å². The highest BCUT2D eigenvalue weighted by Crippen LogP contribution is 2.29. The van der Waals surface area contributed by atoms with Crippen LogP contribution in [0, 0.1) is 0 Å². The Morgan fingerprint density at radius 2 is 1.95 bits per heavy atom. The Kier molecular flexibility index (Phi) is 3.58. The number of aliphatic imine (C=N–C) groups is 1. The van der Waals surface area contributed by atoms with E-state index in [-0.39, 0.29) is 11.8 Å². The van der Waals surface area contributed by atoms with Gasteiger partial charge in [0, 0.05) is 6.92 Å². The van der Waals surface area contributed by atoms with Crippen molar-refractivity contribution in [1.29, 1.82) is 0 Å². The number of carbonyl (C=O) groups is 2. The maximum Gasteiger partial charge on any atom is 0.286 e. The molecule has 104 valence electrons. The summed E-state index contributed by atoms with van der Waals surface area (Å²) >= 11 is 1.18. The molecule has 0 atom stereocenters. The van der Waals surface area contributed by atoms with Gasteiger partial charge in [0.25, 0.3) is 5.91 Å². The Morgan fingerprint density at radius 3 is 2.76 bits per heavy atom. The molecule has 2 amide bonds.